The van der Waals surface area contributed by atoms with Crippen molar-refractivity contribution in [3.8, 4) is 0 Å². The van der Waals surface area contributed by atoms with Crippen LogP contribution >= 0.6 is 11.3 Å². The summed E-state index contributed by atoms with van der Waals surface area (Å²) in [5, 5.41) is 25.2. The number of ketones is 1. The molecular formula is C30H45NO6S. The molecule has 8 heteroatoms. The van der Waals surface area contributed by atoms with Crippen LogP contribution in [0.3, 0.4) is 0 Å². The number of hydrogen-bond donors (Lipinski definition) is 2. The first-order valence-corrected chi connectivity index (χ1v) is 14.6. The SMILES string of the molecule is CC(C)=CCC1C(=O)C(C)(C)C(O)CC(=O)OC(C=Cc2csc(C)n2)CC2OC2(C)CCC[C@H](C)[C@H]1O. The van der Waals surface area contributed by atoms with E-state index in [0.29, 0.717) is 12.8 Å². The Morgan fingerprint density at radius 2 is 1.95 bits per heavy atom. The fourth-order valence-corrected chi connectivity index (χ4v) is 5.81. The zero-order chi connectivity index (χ0) is 28.3. The summed E-state index contributed by atoms with van der Waals surface area (Å²) in [5.41, 5.74) is 0.315. The second kappa shape index (κ2) is 12.5. The van der Waals surface area contributed by atoms with Gasteiger partial charge in [-0.2, -0.15) is 0 Å². The molecule has 0 radical (unpaired) electrons. The van der Waals surface area contributed by atoms with Crippen LogP contribution in [0.2, 0.25) is 0 Å². The zero-order valence-electron chi connectivity index (χ0n) is 23.9. The summed E-state index contributed by atoms with van der Waals surface area (Å²) in [6, 6.07) is 0. The summed E-state index contributed by atoms with van der Waals surface area (Å²) in [6.45, 7) is 13.2. The fourth-order valence-electron chi connectivity index (χ4n) is 5.23. The van der Waals surface area contributed by atoms with Gasteiger partial charge in [0.25, 0.3) is 0 Å². The van der Waals surface area contributed by atoms with Gasteiger partial charge in [0.2, 0.25) is 0 Å². The largest absolute Gasteiger partial charge is 0.458 e. The van der Waals surface area contributed by atoms with Crippen molar-refractivity contribution in [3.63, 3.8) is 0 Å². The van der Waals surface area contributed by atoms with E-state index < -0.39 is 35.6 Å². The van der Waals surface area contributed by atoms with Crippen molar-refractivity contribution in [2.45, 2.75) is 117 Å². The lowest BCUT2D eigenvalue weighted by molar-refractivity contribution is -0.154. The van der Waals surface area contributed by atoms with Crippen LogP contribution in [-0.2, 0) is 19.1 Å². The highest BCUT2D eigenvalue weighted by atomic mass is 32.1. The minimum Gasteiger partial charge on any atom is -0.458 e. The molecule has 2 saturated heterocycles. The number of aryl methyl sites for hydroxylation is 1. The van der Waals surface area contributed by atoms with Gasteiger partial charge in [0, 0.05) is 17.7 Å². The number of fused-ring (bicyclic) bond motifs is 1. The number of carbonyl (C=O) groups is 2. The molecule has 38 heavy (non-hydrogen) atoms. The van der Waals surface area contributed by atoms with Gasteiger partial charge in [-0.25, -0.2) is 4.98 Å². The number of cyclic esters (lactones) is 1. The summed E-state index contributed by atoms with van der Waals surface area (Å²) >= 11 is 1.55. The monoisotopic (exact) mass is 547 g/mol. The number of aliphatic hydroxyl groups is 2. The van der Waals surface area contributed by atoms with Crippen molar-refractivity contribution >= 4 is 29.2 Å². The van der Waals surface area contributed by atoms with Gasteiger partial charge in [0.05, 0.1) is 46.5 Å². The van der Waals surface area contributed by atoms with Gasteiger partial charge in [-0.3, -0.25) is 9.59 Å². The van der Waals surface area contributed by atoms with E-state index in [1.165, 1.54) is 0 Å². The van der Waals surface area contributed by atoms with Gasteiger partial charge in [-0.15, -0.1) is 11.3 Å². The first-order chi connectivity index (χ1) is 17.7. The van der Waals surface area contributed by atoms with Crippen LogP contribution in [0.15, 0.2) is 23.1 Å². The van der Waals surface area contributed by atoms with Gasteiger partial charge in [0.1, 0.15) is 11.9 Å². The van der Waals surface area contributed by atoms with E-state index in [1.54, 1.807) is 25.2 Å². The lowest BCUT2D eigenvalue weighted by Gasteiger charge is -2.35. The van der Waals surface area contributed by atoms with Crippen molar-refractivity contribution in [1.29, 1.82) is 0 Å². The molecule has 3 heterocycles. The van der Waals surface area contributed by atoms with E-state index in [-0.39, 0.29) is 29.8 Å². The average Bonchev–Trinajstić information content (AvgIpc) is 3.26. The summed E-state index contributed by atoms with van der Waals surface area (Å²) in [7, 11) is 0. The lowest BCUT2D eigenvalue weighted by atomic mass is 9.71. The topological polar surface area (TPSA) is 109 Å². The molecule has 0 bridgehead atoms. The van der Waals surface area contributed by atoms with E-state index in [2.05, 4.69) is 11.9 Å². The van der Waals surface area contributed by atoms with Gasteiger partial charge in [0.15, 0.2) is 0 Å². The zero-order valence-corrected chi connectivity index (χ0v) is 24.7. The van der Waals surface area contributed by atoms with Crippen LogP contribution in [0.1, 0.15) is 90.8 Å². The molecule has 2 N–H and O–H groups in total. The minimum atomic E-state index is -1.25. The molecular weight excluding hydrogens is 502 g/mol. The Kier molecular flexibility index (Phi) is 10.1. The molecule has 1 aromatic heterocycles. The Bertz CT molecular complexity index is 1040. The number of aromatic nitrogens is 1. The molecule has 7 atom stereocenters. The summed E-state index contributed by atoms with van der Waals surface area (Å²) < 4.78 is 11.9. The van der Waals surface area contributed by atoms with Crippen LogP contribution < -0.4 is 0 Å². The van der Waals surface area contributed by atoms with Crippen LogP contribution in [0.25, 0.3) is 6.08 Å². The van der Waals surface area contributed by atoms with E-state index in [1.807, 2.05) is 51.3 Å². The predicted molar refractivity (Wildman–Crippen MR) is 150 cm³/mol. The molecule has 0 saturated carbocycles. The number of esters is 1. The Balaban J connectivity index is 1.86. The Morgan fingerprint density at radius 3 is 2.58 bits per heavy atom. The molecule has 2 fully saturated rings. The number of epoxide rings is 1. The standard InChI is InChI=1S/C30H45NO6S/c1-18(2)10-13-23-27(34)19(3)9-8-14-30(7)25(37-30)15-22(12-11-21-17-38-20(4)31-21)36-26(33)16-24(32)29(5,6)28(23)35/h10-12,17,19,22-25,27,32,34H,8-9,13-16H2,1-7H3/t19-,22?,23?,24?,25?,27+,30?/m0/s1. The lowest BCUT2D eigenvalue weighted by Crippen LogP contribution is -2.46. The van der Waals surface area contributed by atoms with Crippen molar-refractivity contribution in [2.24, 2.45) is 17.3 Å². The highest BCUT2D eigenvalue weighted by molar-refractivity contribution is 7.09. The highest BCUT2D eigenvalue weighted by Gasteiger charge is 2.52. The minimum absolute atomic E-state index is 0.0522. The first kappa shape index (κ1) is 30.7. The molecule has 0 spiro atoms. The smallest absolute Gasteiger partial charge is 0.309 e. The van der Waals surface area contributed by atoms with E-state index in [4.69, 9.17) is 9.47 Å². The van der Waals surface area contributed by atoms with Crippen LogP contribution in [-0.4, -0.2) is 57.0 Å². The molecule has 0 aliphatic carbocycles. The van der Waals surface area contributed by atoms with Crippen LogP contribution in [0.4, 0.5) is 0 Å². The number of allylic oxidation sites excluding steroid dienone is 2. The quantitative estimate of drug-likeness (QED) is 0.294. The number of ether oxygens (including phenoxy) is 2. The molecule has 0 aromatic carbocycles. The van der Waals surface area contributed by atoms with E-state index >= 15 is 0 Å². The maximum absolute atomic E-state index is 13.7. The van der Waals surface area contributed by atoms with Gasteiger partial charge in [-0.1, -0.05) is 38.8 Å². The van der Waals surface area contributed by atoms with Crippen molar-refractivity contribution in [2.75, 3.05) is 0 Å². The number of aliphatic hydroxyl groups excluding tert-OH is 2. The fraction of sp³-hybridized carbons (Fsp3) is 0.700. The summed E-state index contributed by atoms with van der Waals surface area (Å²) in [6.07, 6.45) is 5.94. The summed E-state index contributed by atoms with van der Waals surface area (Å²) in [5.74, 6) is -1.59. The number of nitrogens with zero attached hydrogens (tertiary/aromatic N) is 1. The Labute approximate surface area is 231 Å². The van der Waals surface area contributed by atoms with Crippen molar-refractivity contribution in [1.82, 2.24) is 4.98 Å². The maximum Gasteiger partial charge on any atom is 0.309 e. The number of thiazole rings is 1. The molecule has 2 aliphatic rings. The number of carbonyl (C=O) groups excluding carboxylic acids is 2. The molecule has 2 aliphatic heterocycles. The first-order valence-electron chi connectivity index (χ1n) is 13.7. The predicted octanol–water partition coefficient (Wildman–Crippen LogP) is 5.42. The number of Topliss-reactive ketones (excluding diaryl/α,β-unsaturated/α-hetero) is 1. The molecule has 0 amide bonds. The second-order valence-electron chi connectivity index (χ2n) is 12.1. The molecule has 7 nitrogen and oxygen atoms in total. The molecule has 212 valence electrons. The average molecular weight is 548 g/mol. The van der Waals surface area contributed by atoms with E-state index in [0.717, 1.165) is 35.5 Å². The third-order valence-electron chi connectivity index (χ3n) is 8.16. The third kappa shape index (κ3) is 7.84. The molecule has 5 unspecified atom stereocenters. The van der Waals surface area contributed by atoms with Crippen LogP contribution in [0.5, 0.6) is 0 Å². The third-order valence-corrected chi connectivity index (χ3v) is 8.95. The van der Waals surface area contributed by atoms with Gasteiger partial charge < -0.3 is 19.7 Å². The van der Waals surface area contributed by atoms with Gasteiger partial charge >= 0.3 is 5.97 Å². The van der Waals surface area contributed by atoms with Crippen LogP contribution in [0, 0.1) is 24.2 Å². The van der Waals surface area contributed by atoms with Crippen molar-refractivity contribution < 1.29 is 29.3 Å². The summed E-state index contributed by atoms with van der Waals surface area (Å²) in [4.78, 5) is 31.2. The van der Waals surface area contributed by atoms with Gasteiger partial charge in [-0.05, 0) is 65.0 Å². The van der Waals surface area contributed by atoms with Crippen molar-refractivity contribution in [3.05, 3.63) is 33.8 Å². The molecule has 1 aromatic rings. The number of rotatable bonds is 4. The second-order valence-corrected chi connectivity index (χ2v) is 13.2. The van der Waals surface area contributed by atoms with E-state index in [9.17, 15) is 19.8 Å². The Morgan fingerprint density at radius 1 is 1.24 bits per heavy atom. The number of hydrogen-bond acceptors (Lipinski definition) is 8. The maximum atomic E-state index is 13.7. The highest BCUT2D eigenvalue weighted by Crippen LogP contribution is 2.44. The normalized spacial score (nSPS) is 35.0. The molecule has 3 rings (SSSR count). The Hall–Kier alpha value is -1.87.